The van der Waals surface area contributed by atoms with Gasteiger partial charge >= 0.3 is 0 Å². The minimum Gasteiger partial charge on any atom is -0.357 e. The molecular weight excluding hydrogens is 358 g/mol. The van der Waals surface area contributed by atoms with Gasteiger partial charge in [-0.05, 0) is 24.0 Å². The van der Waals surface area contributed by atoms with Crippen molar-refractivity contribution in [3.05, 3.63) is 71.8 Å². The van der Waals surface area contributed by atoms with E-state index in [2.05, 4.69) is 76.2 Å². The molecule has 0 aliphatic heterocycles. The number of nitrogens with one attached hydrogen (secondary N) is 1. The molecule has 5 heteroatoms. The van der Waals surface area contributed by atoms with Crippen molar-refractivity contribution in [2.45, 2.75) is 47.7 Å². The number of thioether (sulfide) groups is 1. The van der Waals surface area contributed by atoms with Gasteiger partial charge in [0.05, 0.1) is 5.25 Å². The predicted octanol–water partition coefficient (Wildman–Crippen LogP) is 6.16. The van der Waals surface area contributed by atoms with Crippen molar-refractivity contribution in [3.63, 3.8) is 0 Å². The Morgan fingerprint density at radius 1 is 0.846 bits per heavy atom. The van der Waals surface area contributed by atoms with Crippen molar-refractivity contribution in [2.75, 3.05) is 5.32 Å². The minimum absolute atomic E-state index is 0.230. The highest BCUT2D eigenvalue weighted by Gasteiger charge is 2.19. The van der Waals surface area contributed by atoms with Crippen LogP contribution in [0.2, 0.25) is 0 Å². The summed E-state index contributed by atoms with van der Waals surface area (Å²) in [4.78, 5) is 0. The van der Waals surface area contributed by atoms with Crippen LogP contribution in [0.5, 0.6) is 0 Å². The van der Waals surface area contributed by atoms with Gasteiger partial charge in [-0.15, -0.1) is 10.2 Å². The number of nitrogens with zero attached hydrogens (tertiary/aromatic N) is 2. The van der Waals surface area contributed by atoms with Crippen LogP contribution in [-0.2, 0) is 0 Å². The molecule has 3 aromatic rings. The molecule has 0 saturated heterocycles. The van der Waals surface area contributed by atoms with Gasteiger partial charge in [0.15, 0.2) is 4.34 Å². The maximum Gasteiger partial charge on any atom is 0.206 e. The number of hydrogen-bond acceptors (Lipinski definition) is 5. The first-order valence-electron chi connectivity index (χ1n) is 9.25. The molecule has 134 valence electrons. The van der Waals surface area contributed by atoms with Crippen LogP contribution in [0.4, 0.5) is 5.13 Å². The quantitative estimate of drug-likeness (QED) is 0.519. The first-order chi connectivity index (χ1) is 12.9. The first kappa shape index (κ1) is 17.6. The molecule has 4 rings (SSSR count). The molecule has 3 nitrogen and oxygen atoms in total. The fourth-order valence-electron chi connectivity index (χ4n) is 3.42. The topological polar surface area (TPSA) is 37.8 Å². The second-order valence-corrected chi connectivity index (χ2v) is 9.00. The third-order valence-corrected chi connectivity index (χ3v) is 7.01. The summed E-state index contributed by atoms with van der Waals surface area (Å²) in [5.74, 6) is 0. The molecular formula is C21H23N3S2. The van der Waals surface area contributed by atoms with Gasteiger partial charge in [0.25, 0.3) is 0 Å². The molecule has 2 aromatic carbocycles. The Labute approximate surface area is 163 Å². The summed E-state index contributed by atoms with van der Waals surface area (Å²) in [5.41, 5.74) is 2.58. The molecule has 1 aliphatic rings. The van der Waals surface area contributed by atoms with Crippen LogP contribution in [0.1, 0.15) is 48.5 Å². The average Bonchev–Trinajstić information content (AvgIpc) is 3.15. The molecule has 0 radical (unpaired) electrons. The Morgan fingerprint density at radius 3 is 2.08 bits per heavy atom. The second-order valence-electron chi connectivity index (χ2n) is 6.67. The summed E-state index contributed by atoms with van der Waals surface area (Å²) in [6.45, 7) is 0. The monoisotopic (exact) mass is 381 g/mol. The zero-order valence-corrected chi connectivity index (χ0v) is 16.3. The smallest absolute Gasteiger partial charge is 0.206 e. The van der Waals surface area contributed by atoms with Crippen molar-refractivity contribution >= 4 is 28.2 Å². The molecule has 0 bridgehead atoms. The Hall–Kier alpha value is -1.85. The maximum absolute atomic E-state index is 4.44. The zero-order chi connectivity index (χ0) is 17.6. The summed E-state index contributed by atoms with van der Waals surface area (Å²) in [6, 6.07) is 21.8. The lowest BCUT2D eigenvalue weighted by atomic mass is 9.96. The van der Waals surface area contributed by atoms with Crippen molar-refractivity contribution in [1.82, 2.24) is 10.2 Å². The fourth-order valence-corrected chi connectivity index (χ4v) is 5.57. The lowest BCUT2D eigenvalue weighted by Crippen LogP contribution is -2.21. The van der Waals surface area contributed by atoms with Crippen molar-refractivity contribution in [2.24, 2.45) is 0 Å². The second kappa shape index (κ2) is 8.69. The molecule has 1 aromatic heterocycles. The Balaban J connectivity index is 1.51. The lowest BCUT2D eigenvalue weighted by Gasteiger charge is -2.21. The molecule has 1 fully saturated rings. The summed E-state index contributed by atoms with van der Waals surface area (Å²) in [7, 11) is 0. The zero-order valence-electron chi connectivity index (χ0n) is 14.7. The van der Waals surface area contributed by atoms with E-state index >= 15 is 0 Å². The van der Waals surface area contributed by atoms with E-state index in [4.69, 9.17) is 0 Å². The molecule has 1 N–H and O–H groups in total. The first-order valence-corrected chi connectivity index (χ1v) is 10.9. The van der Waals surface area contributed by atoms with Gasteiger partial charge in [-0.1, -0.05) is 103 Å². The highest BCUT2D eigenvalue weighted by molar-refractivity contribution is 8.01. The van der Waals surface area contributed by atoms with Crippen molar-refractivity contribution < 1.29 is 0 Å². The molecule has 0 amide bonds. The molecule has 0 spiro atoms. The minimum atomic E-state index is 0.230. The maximum atomic E-state index is 4.44. The number of hydrogen-bond donors (Lipinski definition) is 1. The molecule has 0 unspecified atom stereocenters. The van der Waals surface area contributed by atoms with Crippen LogP contribution in [0.15, 0.2) is 65.0 Å². The van der Waals surface area contributed by atoms with Gasteiger partial charge < -0.3 is 5.32 Å². The van der Waals surface area contributed by atoms with Gasteiger partial charge in [0.2, 0.25) is 5.13 Å². The van der Waals surface area contributed by atoms with E-state index < -0.39 is 0 Å². The Bertz CT molecular complexity index is 759. The van der Waals surface area contributed by atoms with Gasteiger partial charge in [0.1, 0.15) is 0 Å². The summed E-state index contributed by atoms with van der Waals surface area (Å²) >= 11 is 3.46. The Kier molecular flexibility index (Phi) is 5.87. The lowest BCUT2D eigenvalue weighted by molar-refractivity contribution is 0.462. The largest absolute Gasteiger partial charge is 0.357 e. The predicted molar refractivity (Wildman–Crippen MR) is 111 cm³/mol. The van der Waals surface area contributed by atoms with Crippen LogP contribution in [-0.4, -0.2) is 16.2 Å². The van der Waals surface area contributed by atoms with E-state index in [1.165, 1.54) is 43.2 Å². The van der Waals surface area contributed by atoms with Gasteiger partial charge in [-0.2, -0.15) is 0 Å². The summed E-state index contributed by atoms with van der Waals surface area (Å²) in [6.07, 6.45) is 6.51. The van der Waals surface area contributed by atoms with Crippen molar-refractivity contribution in [1.29, 1.82) is 0 Å². The average molecular weight is 382 g/mol. The Morgan fingerprint density at radius 2 is 1.46 bits per heavy atom. The van der Waals surface area contributed by atoms with E-state index in [-0.39, 0.29) is 5.25 Å². The van der Waals surface area contributed by atoms with E-state index in [0.29, 0.717) is 6.04 Å². The van der Waals surface area contributed by atoms with E-state index in [9.17, 15) is 0 Å². The summed E-state index contributed by atoms with van der Waals surface area (Å²) in [5, 5.41) is 13.6. The van der Waals surface area contributed by atoms with Crippen LogP contribution >= 0.6 is 23.1 Å². The van der Waals surface area contributed by atoms with E-state index in [1.807, 2.05) is 0 Å². The molecule has 1 heterocycles. The number of rotatable bonds is 6. The SMILES string of the molecule is c1ccc(C(Sc2nnc(NC3CCCCC3)s2)c2ccccc2)cc1. The highest BCUT2D eigenvalue weighted by atomic mass is 32.2. The molecule has 0 atom stereocenters. The molecule has 1 aliphatic carbocycles. The van der Waals surface area contributed by atoms with Crippen LogP contribution in [0, 0.1) is 0 Å². The third-order valence-electron chi connectivity index (χ3n) is 4.76. The van der Waals surface area contributed by atoms with Gasteiger partial charge in [-0.3, -0.25) is 0 Å². The highest BCUT2D eigenvalue weighted by Crippen LogP contribution is 2.42. The molecule has 26 heavy (non-hydrogen) atoms. The fraction of sp³-hybridized carbons (Fsp3) is 0.333. The normalized spacial score (nSPS) is 15.3. The summed E-state index contributed by atoms with van der Waals surface area (Å²) < 4.78 is 1.01. The van der Waals surface area contributed by atoms with E-state index in [0.717, 1.165) is 9.47 Å². The van der Waals surface area contributed by atoms with Crippen LogP contribution in [0.3, 0.4) is 0 Å². The number of aromatic nitrogens is 2. The third kappa shape index (κ3) is 4.46. The number of benzene rings is 2. The van der Waals surface area contributed by atoms with Crippen molar-refractivity contribution in [3.8, 4) is 0 Å². The van der Waals surface area contributed by atoms with E-state index in [1.54, 1.807) is 23.1 Å². The van der Waals surface area contributed by atoms with Gasteiger partial charge in [-0.25, -0.2) is 0 Å². The molecule has 1 saturated carbocycles. The van der Waals surface area contributed by atoms with Crippen LogP contribution < -0.4 is 5.32 Å². The number of anilines is 1. The standard InChI is InChI=1S/C21H23N3S2/c1-4-10-16(11-5-1)19(17-12-6-2-7-13-17)25-21-24-23-20(26-21)22-18-14-8-3-9-15-18/h1-2,4-7,10-13,18-19H,3,8-9,14-15H2,(H,22,23). The van der Waals surface area contributed by atoms with Crippen LogP contribution in [0.25, 0.3) is 0 Å². The van der Waals surface area contributed by atoms with Gasteiger partial charge in [0, 0.05) is 6.04 Å².